The van der Waals surface area contributed by atoms with E-state index in [-0.39, 0.29) is 0 Å². The average Bonchev–Trinajstić information content (AvgIpc) is 2.90. The molecule has 1 aliphatic rings. The Morgan fingerprint density at radius 2 is 1.81 bits per heavy atom. The fraction of sp³-hybridized carbons (Fsp3) is 0.438. The summed E-state index contributed by atoms with van der Waals surface area (Å²) >= 11 is 7.65. The van der Waals surface area contributed by atoms with Crippen molar-refractivity contribution in [2.75, 3.05) is 33.2 Å². The number of piperazine rings is 1. The Labute approximate surface area is 135 Å². The summed E-state index contributed by atoms with van der Waals surface area (Å²) in [4.78, 5) is 6.25. The summed E-state index contributed by atoms with van der Waals surface area (Å²) in [5.74, 6) is 0. The fourth-order valence-electron chi connectivity index (χ4n) is 2.79. The molecule has 1 fully saturated rings. The molecule has 2 heterocycles. The van der Waals surface area contributed by atoms with Crippen LogP contribution in [0.5, 0.6) is 0 Å². The van der Waals surface area contributed by atoms with E-state index >= 15 is 0 Å². The molecule has 3 nitrogen and oxygen atoms in total. The lowest BCUT2D eigenvalue weighted by Gasteiger charge is -2.37. The van der Waals surface area contributed by atoms with Gasteiger partial charge in [0, 0.05) is 36.1 Å². The SMILES string of the molecule is Cc1cc(C(c2ccc(Cl)cc2)N2CCN(C)CC2)sn1. The van der Waals surface area contributed by atoms with Gasteiger partial charge >= 0.3 is 0 Å². The molecule has 0 N–H and O–H groups in total. The number of aromatic nitrogens is 1. The van der Waals surface area contributed by atoms with Gasteiger partial charge in [-0.15, -0.1) is 0 Å². The molecule has 112 valence electrons. The Balaban J connectivity index is 1.92. The Morgan fingerprint density at radius 1 is 1.14 bits per heavy atom. The Bertz CT molecular complexity index is 588. The maximum Gasteiger partial charge on any atom is 0.0713 e. The zero-order valence-electron chi connectivity index (χ0n) is 12.4. The highest BCUT2D eigenvalue weighted by atomic mass is 35.5. The lowest BCUT2D eigenvalue weighted by molar-refractivity contribution is 0.128. The third-order valence-electron chi connectivity index (χ3n) is 4.00. The summed E-state index contributed by atoms with van der Waals surface area (Å²) in [6.07, 6.45) is 0. The van der Waals surface area contributed by atoms with Crippen LogP contribution in [0.15, 0.2) is 30.3 Å². The summed E-state index contributed by atoms with van der Waals surface area (Å²) in [5, 5.41) is 0.788. The van der Waals surface area contributed by atoms with Gasteiger partial charge in [-0.2, -0.15) is 4.37 Å². The summed E-state index contributed by atoms with van der Waals surface area (Å²) < 4.78 is 4.47. The first-order valence-corrected chi connectivity index (χ1v) is 8.40. The van der Waals surface area contributed by atoms with Gasteiger partial charge in [0.1, 0.15) is 0 Å². The number of hydrogen-bond acceptors (Lipinski definition) is 4. The van der Waals surface area contributed by atoms with E-state index in [1.165, 1.54) is 10.4 Å². The molecule has 1 aliphatic heterocycles. The predicted octanol–water partition coefficient (Wildman–Crippen LogP) is 3.44. The molecule has 0 aliphatic carbocycles. The number of benzene rings is 1. The van der Waals surface area contributed by atoms with E-state index in [2.05, 4.69) is 46.3 Å². The molecule has 21 heavy (non-hydrogen) atoms. The van der Waals surface area contributed by atoms with Crippen LogP contribution in [-0.2, 0) is 0 Å². The molecule has 0 saturated carbocycles. The molecule has 1 aromatic heterocycles. The topological polar surface area (TPSA) is 19.4 Å². The highest BCUT2D eigenvalue weighted by Gasteiger charge is 2.26. The first-order chi connectivity index (χ1) is 10.1. The van der Waals surface area contributed by atoms with Crippen LogP contribution in [0.2, 0.25) is 5.02 Å². The van der Waals surface area contributed by atoms with Crippen LogP contribution in [0.3, 0.4) is 0 Å². The second-order valence-corrected chi connectivity index (χ2v) is 6.94. The normalized spacial score (nSPS) is 18.8. The fourth-order valence-corrected chi connectivity index (χ4v) is 3.83. The molecular formula is C16H20ClN3S. The van der Waals surface area contributed by atoms with Gasteiger partial charge < -0.3 is 4.90 Å². The van der Waals surface area contributed by atoms with E-state index in [0.29, 0.717) is 6.04 Å². The van der Waals surface area contributed by atoms with Crippen molar-refractivity contribution in [2.45, 2.75) is 13.0 Å². The molecule has 2 aromatic rings. The van der Waals surface area contributed by atoms with Gasteiger partial charge in [0.15, 0.2) is 0 Å². The highest BCUT2D eigenvalue weighted by molar-refractivity contribution is 7.05. The largest absolute Gasteiger partial charge is 0.304 e. The maximum atomic E-state index is 6.04. The first kappa shape index (κ1) is 15.0. The van der Waals surface area contributed by atoms with Crippen LogP contribution in [0.25, 0.3) is 0 Å². The minimum atomic E-state index is 0.294. The van der Waals surface area contributed by atoms with Crippen molar-refractivity contribution in [1.82, 2.24) is 14.2 Å². The molecule has 1 atom stereocenters. The number of nitrogens with zero attached hydrogens (tertiary/aromatic N) is 3. The van der Waals surface area contributed by atoms with Crippen molar-refractivity contribution in [3.8, 4) is 0 Å². The minimum absolute atomic E-state index is 0.294. The lowest BCUT2D eigenvalue weighted by Crippen LogP contribution is -2.46. The molecule has 0 amide bonds. The van der Waals surface area contributed by atoms with Gasteiger partial charge in [-0.25, -0.2) is 0 Å². The predicted molar refractivity (Wildman–Crippen MR) is 89.2 cm³/mol. The van der Waals surface area contributed by atoms with Crippen LogP contribution in [0.1, 0.15) is 22.2 Å². The van der Waals surface area contributed by atoms with E-state index in [9.17, 15) is 0 Å². The molecule has 1 saturated heterocycles. The standard InChI is InChI=1S/C16H20ClN3S/c1-12-11-15(21-18-12)16(13-3-5-14(17)6-4-13)20-9-7-19(2)8-10-20/h3-6,11,16H,7-10H2,1-2H3. The van der Waals surface area contributed by atoms with Gasteiger partial charge in [0.25, 0.3) is 0 Å². The van der Waals surface area contributed by atoms with Crippen LogP contribution >= 0.6 is 23.1 Å². The Morgan fingerprint density at radius 3 is 2.38 bits per heavy atom. The lowest BCUT2D eigenvalue weighted by atomic mass is 10.0. The zero-order chi connectivity index (χ0) is 14.8. The second kappa shape index (κ2) is 6.44. The van der Waals surface area contributed by atoms with Crippen molar-refractivity contribution >= 4 is 23.1 Å². The molecule has 0 radical (unpaired) electrons. The van der Waals surface area contributed by atoms with Crippen molar-refractivity contribution in [3.63, 3.8) is 0 Å². The van der Waals surface area contributed by atoms with Crippen LogP contribution in [0, 0.1) is 6.92 Å². The van der Waals surface area contributed by atoms with Crippen LogP contribution in [0.4, 0.5) is 0 Å². The van der Waals surface area contributed by atoms with Crippen molar-refractivity contribution < 1.29 is 0 Å². The van der Waals surface area contributed by atoms with E-state index in [1.807, 2.05) is 12.1 Å². The summed E-state index contributed by atoms with van der Waals surface area (Å²) in [5.41, 5.74) is 2.40. The van der Waals surface area contributed by atoms with E-state index in [0.717, 1.165) is 36.9 Å². The zero-order valence-corrected chi connectivity index (χ0v) is 14.0. The van der Waals surface area contributed by atoms with Gasteiger partial charge in [0.05, 0.1) is 11.7 Å². The molecule has 1 aromatic carbocycles. The van der Waals surface area contributed by atoms with Gasteiger partial charge in [-0.3, -0.25) is 4.90 Å². The van der Waals surface area contributed by atoms with E-state index in [1.54, 1.807) is 11.5 Å². The summed E-state index contributed by atoms with van der Waals surface area (Å²) in [7, 11) is 2.19. The van der Waals surface area contributed by atoms with Crippen LogP contribution in [-0.4, -0.2) is 47.4 Å². The number of rotatable bonds is 3. The van der Waals surface area contributed by atoms with Crippen molar-refractivity contribution in [2.24, 2.45) is 0 Å². The molecule has 3 rings (SSSR count). The molecular weight excluding hydrogens is 302 g/mol. The van der Waals surface area contributed by atoms with Crippen molar-refractivity contribution in [3.05, 3.63) is 51.5 Å². The summed E-state index contributed by atoms with van der Waals surface area (Å²) in [6, 6.07) is 10.7. The van der Waals surface area contributed by atoms with Gasteiger partial charge in [0.2, 0.25) is 0 Å². The van der Waals surface area contributed by atoms with Gasteiger partial charge in [-0.05, 0) is 49.3 Å². The van der Waals surface area contributed by atoms with Crippen LogP contribution < -0.4 is 0 Å². The number of hydrogen-bond donors (Lipinski definition) is 0. The highest BCUT2D eigenvalue weighted by Crippen LogP contribution is 2.32. The number of halogens is 1. The number of aryl methyl sites for hydroxylation is 1. The molecule has 1 unspecified atom stereocenters. The second-order valence-electron chi connectivity index (χ2n) is 5.66. The quantitative estimate of drug-likeness (QED) is 0.863. The third kappa shape index (κ3) is 3.46. The minimum Gasteiger partial charge on any atom is -0.304 e. The van der Waals surface area contributed by atoms with E-state index < -0.39 is 0 Å². The third-order valence-corrected chi connectivity index (χ3v) is 5.19. The van der Waals surface area contributed by atoms with E-state index in [4.69, 9.17) is 11.6 Å². The average molecular weight is 322 g/mol. The molecule has 0 bridgehead atoms. The Hall–Kier alpha value is -0.940. The first-order valence-electron chi connectivity index (χ1n) is 7.25. The summed E-state index contributed by atoms with van der Waals surface area (Å²) in [6.45, 7) is 6.45. The number of likely N-dealkylation sites (N-methyl/N-ethyl adjacent to an activating group) is 1. The maximum absolute atomic E-state index is 6.04. The van der Waals surface area contributed by atoms with Gasteiger partial charge in [-0.1, -0.05) is 23.7 Å². The van der Waals surface area contributed by atoms with Crippen molar-refractivity contribution in [1.29, 1.82) is 0 Å². The molecule has 5 heteroatoms. The monoisotopic (exact) mass is 321 g/mol. The molecule has 0 spiro atoms. The smallest absolute Gasteiger partial charge is 0.0713 e. The Kier molecular flexibility index (Phi) is 4.60.